The van der Waals surface area contributed by atoms with Crippen LogP contribution < -0.4 is 0 Å². The molecule has 160 valence electrons. The molecule has 0 unspecified atom stereocenters. The smallest absolute Gasteiger partial charge is 0.259 e. The Bertz CT molecular complexity index is 1040. The van der Waals surface area contributed by atoms with Gasteiger partial charge in [-0.1, -0.05) is 43.8 Å². The molecule has 0 radical (unpaired) electrons. The van der Waals surface area contributed by atoms with Gasteiger partial charge < -0.3 is 0 Å². The lowest BCUT2D eigenvalue weighted by Gasteiger charge is -2.20. The molecule has 30 heavy (non-hydrogen) atoms. The third-order valence-electron chi connectivity index (χ3n) is 4.81. The minimum atomic E-state index is -3.57. The number of benzene rings is 2. The van der Waals surface area contributed by atoms with E-state index < -0.39 is 10.0 Å². The van der Waals surface area contributed by atoms with Gasteiger partial charge in [-0.3, -0.25) is 14.7 Å². The molecular weight excluding hydrogens is 425 g/mol. The van der Waals surface area contributed by atoms with Gasteiger partial charge in [0.25, 0.3) is 5.91 Å². The number of carbonyl (C=O) groups excluding carboxylic acids is 1. The van der Waals surface area contributed by atoms with Gasteiger partial charge in [0.1, 0.15) is 5.82 Å². The van der Waals surface area contributed by atoms with E-state index in [9.17, 15) is 17.6 Å². The molecule has 1 aliphatic rings. The quantitative estimate of drug-likeness (QED) is 0.648. The SMILES string of the molecule is CCN(CC)S(=O)(=O)c1ccc(C(=O)N2CCN=C2SCc2ccccc2F)cc1. The lowest BCUT2D eigenvalue weighted by atomic mass is 10.2. The van der Waals surface area contributed by atoms with Crippen molar-refractivity contribution in [2.24, 2.45) is 4.99 Å². The average molecular weight is 450 g/mol. The number of amides is 1. The third-order valence-corrected chi connectivity index (χ3v) is 7.93. The molecular formula is C21H24FN3O3S2. The maximum Gasteiger partial charge on any atom is 0.259 e. The number of rotatable bonds is 7. The minimum absolute atomic E-state index is 0.159. The number of sulfonamides is 1. The Morgan fingerprint density at radius 3 is 2.43 bits per heavy atom. The summed E-state index contributed by atoms with van der Waals surface area (Å²) in [6.45, 7) is 5.26. The maximum absolute atomic E-state index is 13.8. The Balaban J connectivity index is 1.71. The standard InChI is InChI=1S/C21H24FN3O3S2/c1-3-24(4-2)30(27,28)18-11-9-16(10-12-18)20(26)25-14-13-23-21(25)29-15-17-7-5-6-8-19(17)22/h5-12H,3-4,13-15H2,1-2H3. The van der Waals surface area contributed by atoms with Crippen molar-refractivity contribution in [3.05, 3.63) is 65.5 Å². The van der Waals surface area contributed by atoms with Crippen LogP contribution in [0.2, 0.25) is 0 Å². The zero-order valence-corrected chi connectivity index (χ0v) is 18.5. The van der Waals surface area contributed by atoms with Crippen LogP contribution in [0.25, 0.3) is 0 Å². The molecule has 0 bridgehead atoms. The predicted molar refractivity (Wildman–Crippen MR) is 118 cm³/mol. The summed E-state index contributed by atoms with van der Waals surface area (Å²) >= 11 is 1.31. The monoisotopic (exact) mass is 449 g/mol. The number of amidine groups is 1. The first-order valence-electron chi connectivity index (χ1n) is 9.71. The van der Waals surface area contributed by atoms with Gasteiger partial charge in [0.2, 0.25) is 10.0 Å². The van der Waals surface area contributed by atoms with E-state index in [1.54, 1.807) is 36.9 Å². The number of hydrogen-bond acceptors (Lipinski definition) is 5. The highest BCUT2D eigenvalue weighted by Crippen LogP contribution is 2.23. The molecule has 1 amide bonds. The molecule has 1 heterocycles. The number of carbonyl (C=O) groups is 1. The van der Waals surface area contributed by atoms with Crippen molar-refractivity contribution in [1.29, 1.82) is 0 Å². The predicted octanol–water partition coefficient (Wildman–Crippen LogP) is 3.60. The summed E-state index contributed by atoms with van der Waals surface area (Å²) < 4.78 is 40.4. The molecule has 0 aliphatic carbocycles. The molecule has 2 aromatic rings. The number of halogens is 1. The van der Waals surface area contributed by atoms with Gasteiger partial charge in [-0.05, 0) is 35.9 Å². The maximum atomic E-state index is 13.8. The van der Waals surface area contributed by atoms with E-state index in [1.165, 1.54) is 46.4 Å². The van der Waals surface area contributed by atoms with Gasteiger partial charge in [-0.2, -0.15) is 4.31 Å². The Morgan fingerprint density at radius 2 is 1.80 bits per heavy atom. The highest BCUT2D eigenvalue weighted by Gasteiger charge is 2.27. The highest BCUT2D eigenvalue weighted by atomic mass is 32.2. The van der Waals surface area contributed by atoms with Crippen LogP contribution in [-0.2, 0) is 15.8 Å². The number of nitrogens with zero attached hydrogens (tertiary/aromatic N) is 3. The van der Waals surface area contributed by atoms with E-state index in [4.69, 9.17) is 0 Å². The number of thioether (sulfide) groups is 1. The first kappa shape index (κ1) is 22.5. The molecule has 0 atom stereocenters. The first-order valence-corrected chi connectivity index (χ1v) is 12.1. The lowest BCUT2D eigenvalue weighted by Crippen LogP contribution is -2.33. The molecule has 0 saturated heterocycles. The Kier molecular flexibility index (Phi) is 7.27. The normalized spacial score (nSPS) is 14.3. The van der Waals surface area contributed by atoms with Crippen LogP contribution in [0.1, 0.15) is 29.8 Å². The van der Waals surface area contributed by atoms with Crippen molar-refractivity contribution in [3.63, 3.8) is 0 Å². The summed E-state index contributed by atoms with van der Waals surface area (Å²) in [4.78, 5) is 19.0. The highest BCUT2D eigenvalue weighted by molar-refractivity contribution is 8.13. The zero-order chi connectivity index (χ0) is 21.7. The fraction of sp³-hybridized carbons (Fsp3) is 0.333. The second-order valence-corrected chi connectivity index (χ2v) is 9.50. The van der Waals surface area contributed by atoms with Crippen molar-refractivity contribution in [2.75, 3.05) is 26.2 Å². The first-order chi connectivity index (χ1) is 14.4. The zero-order valence-electron chi connectivity index (χ0n) is 16.9. The van der Waals surface area contributed by atoms with E-state index in [2.05, 4.69) is 4.99 Å². The van der Waals surface area contributed by atoms with E-state index in [0.29, 0.717) is 48.2 Å². The summed E-state index contributed by atoms with van der Waals surface area (Å²) in [5.41, 5.74) is 0.935. The van der Waals surface area contributed by atoms with Crippen molar-refractivity contribution in [2.45, 2.75) is 24.5 Å². The third kappa shape index (κ3) is 4.74. The summed E-state index contributed by atoms with van der Waals surface area (Å²) in [5.74, 6) is -0.165. The fourth-order valence-electron chi connectivity index (χ4n) is 3.13. The fourth-order valence-corrected chi connectivity index (χ4v) is 5.62. The molecule has 9 heteroatoms. The molecule has 0 fully saturated rings. The summed E-state index contributed by atoms with van der Waals surface area (Å²) in [6.07, 6.45) is 0. The average Bonchev–Trinajstić information content (AvgIpc) is 3.22. The molecule has 2 aromatic carbocycles. The van der Waals surface area contributed by atoms with E-state index in [-0.39, 0.29) is 16.6 Å². The van der Waals surface area contributed by atoms with E-state index in [1.807, 2.05) is 0 Å². The van der Waals surface area contributed by atoms with Crippen LogP contribution in [0.5, 0.6) is 0 Å². The molecule has 6 nitrogen and oxygen atoms in total. The molecule has 0 N–H and O–H groups in total. The van der Waals surface area contributed by atoms with Crippen LogP contribution in [0.15, 0.2) is 58.4 Å². The number of aliphatic imine (C=N–C) groups is 1. The number of hydrogen-bond donors (Lipinski definition) is 0. The Morgan fingerprint density at radius 1 is 1.13 bits per heavy atom. The summed E-state index contributed by atoms with van der Waals surface area (Å²) in [7, 11) is -3.57. The van der Waals surface area contributed by atoms with E-state index >= 15 is 0 Å². The molecule has 0 saturated carbocycles. The lowest BCUT2D eigenvalue weighted by molar-refractivity contribution is 0.0860. The van der Waals surface area contributed by atoms with Gasteiger partial charge in [-0.15, -0.1) is 0 Å². The van der Waals surface area contributed by atoms with E-state index in [0.717, 1.165) is 0 Å². The molecule has 0 aromatic heterocycles. The largest absolute Gasteiger partial charge is 0.286 e. The Hall–Kier alpha value is -2.23. The van der Waals surface area contributed by atoms with Gasteiger partial charge in [0.05, 0.1) is 11.4 Å². The van der Waals surface area contributed by atoms with Crippen LogP contribution in [0.3, 0.4) is 0 Å². The van der Waals surface area contributed by atoms with Gasteiger partial charge >= 0.3 is 0 Å². The van der Waals surface area contributed by atoms with Crippen LogP contribution in [0.4, 0.5) is 4.39 Å². The van der Waals surface area contributed by atoms with Gasteiger partial charge in [0.15, 0.2) is 5.17 Å². The second kappa shape index (κ2) is 9.72. The van der Waals surface area contributed by atoms with Crippen molar-refractivity contribution in [1.82, 2.24) is 9.21 Å². The van der Waals surface area contributed by atoms with Gasteiger partial charge in [0, 0.05) is 31.0 Å². The molecule has 0 spiro atoms. The van der Waals surface area contributed by atoms with Crippen molar-refractivity contribution >= 4 is 32.9 Å². The summed E-state index contributed by atoms with van der Waals surface area (Å²) in [6, 6.07) is 12.5. The van der Waals surface area contributed by atoms with Gasteiger partial charge in [-0.25, -0.2) is 12.8 Å². The van der Waals surface area contributed by atoms with Crippen LogP contribution >= 0.6 is 11.8 Å². The molecule has 1 aliphatic heterocycles. The van der Waals surface area contributed by atoms with Crippen LogP contribution in [0, 0.1) is 5.82 Å². The minimum Gasteiger partial charge on any atom is -0.286 e. The Labute approximate surface area is 180 Å². The van der Waals surface area contributed by atoms with Crippen molar-refractivity contribution in [3.8, 4) is 0 Å². The van der Waals surface area contributed by atoms with Crippen molar-refractivity contribution < 1.29 is 17.6 Å². The second-order valence-electron chi connectivity index (χ2n) is 6.61. The topological polar surface area (TPSA) is 70.1 Å². The molecule has 3 rings (SSSR count). The van der Waals surface area contributed by atoms with Crippen LogP contribution in [-0.4, -0.2) is 54.9 Å². The summed E-state index contributed by atoms with van der Waals surface area (Å²) in [5, 5.41) is 0.545.